The molecule has 0 atom stereocenters. The predicted molar refractivity (Wildman–Crippen MR) is 49.9 cm³/mol. The van der Waals surface area contributed by atoms with Crippen LogP contribution in [0.25, 0.3) is 0 Å². The van der Waals surface area contributed by atoms with Crippen molar-refractivity contribution < 1.29 is 0 Å². The molecule has 0 bridgehead atoms. The van der Waals surface area contributed by atoms with Crippen LogP contribution < -0.4 is 5.73 Å². The first-order valence-corrected chi connectivity index (χ1v) is 4.94. The second-order valence-electron chi connectivity index (χ2n) is 2.29. The van der Waals surface area contributed by atoms with E-state index in [4.69, 9.17) is 11.0 Å². The molecular weight excluding hydrogens is 186 g/mol. The Balaban J connectivity index is 2.82. The molecule has 0 amide bonds. The van der Waals surface area contributed by atoms with E-state index in [0.29, 0.717) is 12.3 Å². The number of nitrogens with two attached hydrogens (primary N) is 1. The summed E-state index contributed by atoms with van der Waals surface area (Å²) in [4.78, 5) is 0. The molecule has 0 saturated heterocycles. The number of nitriles is 1. The molecule has 0 spiro atoms. The van der Waals surface area contributed by atoms with Gasteiger partial charge in [-0.25, -0.2) is 0 Å². The summed E-state index contributed by atoms with van der Waals surface area (Å²) in [5, 5.41) is 17.0. The molecule has 0 aliphatic heterocycles. The molecule has 0 aromatic carbocycles. The third-order valence-electron chi connectivity index (χ3n) is 1.56. The van der Waals surface area contributed by atoms with Crippen molar-refractivity contribution in [2.24, 2.45) is 5.73 Å². The standard InChI is InChI=1S/C7H11N5S/c1-2-12-6(5-9)10-11-7(12)13-4-3-8/h2,4-5,9H2,1H3. The molecule has 0 saturated carbocycles. The normalized spacial score (nSPS) is 9.92. The van der Waals surface area contributed by atoms with Crippen molar-refractivity contribution in [3.05, 3.63) is 5.82 Å². The number of nitrogens with zero attached hydrogens (tertiary/aromatic N) is 4. The lowest BCUT2D eigenvalue weighted by Gasteiger charge is -2.03. The lowest BCUT2D eigenvalue weighted by molar-refractivity contribution is 0.643. The van der Waals surface area contributed by atoms with Gasteiger partial charge in [-0.3, -0.25) is 0 Å². The highest BCUT2D eigenvalue weighted by Gasteiger charge is 2.08. The van der Waals surface area contributed by atoms with E-state index in [1.807, 2.05) is 17.6 Å². The van der Waals surface area contributed by atoms with Crippen molar-refractivity contribution in [1.82, 2.24) is 14.8 Å². The van der Waals surface area contributed by atoms with Crippen LogP contribution in [0.15, 0.2) is 5.16 Å². The maximum Gasteiger partial charge on any atom is 0.192 e. The average Bonchev–Trinajstić information content (AvgIpc) is 2.56. The van der Waals surface area contributed by atoms with Crippen LogP contribution in [-0.4, -0.2) is 20.5 Å². The SMILES string of the molecule is CCn1c(CN)nnc1SCC#N. The Kier molecular flexibility index (Phi) is 3.73. The van der Waals surface area contributed by atoms with Crippen molar-refractivity contribution in [3.8, 4) is 6.07 Å². The van der Waals surface area contributed by atoms with Crippen molar-refractivity contribution in [2.75, 3.05) is 5.75 Å². The molecule has 6 heteroatoms. The number of rotatable bonds is 4. The van der Waals surface area contributed by atoms with Crippen LogP contribution in [0.3, 0.4) is 0 Å². The largest absolute Gasteiger partial charge is 0.324 e. The third-order valence-corrected chi connectivity index (χ3v) is 2.39. The van der Waals surface area contributed by atoms with Crippen molar-refractivity contribution >= 4 is 11.8 Å². The lowest BCUT2D eigenvalue weighted by Crippen LogP contribution is -2.08. The third kappa shape index (κ3) is 2.20. The van der Waals surface area contributed by atoms with E-state index < -0.39 is 0 Å². The van der Waals surface area contributed by atoms with E-state index in [1.165, 1.54) is 11.8 Å². The molecule has 0 fully saturated rings. The molecule has 0 radical (unpaired) electrons. The first kappa shape index (κ1) is 10.0. The fourth-order valence-electron chi connectivity index (χ4n) is 0.991. The minimum absolute atomic E-state index is 0.383. The number of thioether (sulfide) groups is 1. The molecule has 70 valence electrons. The summed E-state index contributed by atoms with van der Waals surface area (Å²) in [7, 11) is 0. The van der Waals surface area contributed by atoms with E-state index in [-0.39, 0.29) is 0 Å². The minimum Gasteiger partial charge on any atom is -0.324 e. The number of hydrogen-bond acceptors (Lipinski definition) is 5. The molecule has 0 unspecified atom stereocenters. The molecule has 1 aromatic heterocycles. The van der Waals surface area contributed by atoms with Gasteiger partial charge in [-0.1, -0.05) is 11.8 Å². The fourth-order valence-corrected chi connectivity index (χ4v) is 1.67. The Morgan fingerprint density at radius 1 is 1.62 bits per heavy atom. The molecule has 0 aliphatic rings. The van der Waals surface area contributed by atoms with Gasteiger partial charge in [-0.05, 0) is 6.92 Å². The van der Waals surface area contributed by atoms with Gasteiger partial charge < -0.3 is 10.3 Å². The van der Waals surface area contributed by atoms with Crippen LogP contribution in [0, 0.1) is 11.3 Å². The van der Waals surface area contributed by atoms with Crippen LogP contribution in [0.4, 0.5) is 0 Å². The summed E-state index contributed by atoms with van der Waals surface area (Å²) in [6, 6.07) is 2.05. The Morgan fingerprint density at radius 3 is 2.92 bits per heavy atom. The van der Waals surface area contributed by atoms with Crippen LogP contribution in [-0.2, 0) is 13.1 Å². The zero-order chi connectivity index (χ0) is 9.68. The molecule has 1 aromatic rings. The van der Waals surface area contributed by atoms with Crippen LogP contribution in [0.5, 0.6) is 0 Å². The van der Waals surface area contributed by atoms with Gasteiger partial charge in [0.2, 0.25) is 0 Å². The molecule has 1 rings (SSSR count). The zero-order valence-corrected chi connectivity index (χ0v) is 8.21. The highest BCUT2D eigenvalue weighted by molar-refractivity contribution is 7.99. The summed E-state index contributed by atoms with van der Waals surface area (Å²) < 4.78 is 1.92. The number of hydrogen-bond donors (Lipinski definition) is 1. The van der Waals surface area contributed by atoms with Gasteiger partial charge in [0.25, 0.3) is 0 Å². The van der Waals surface area contributed by atoms with Gasteiger partial charge in [0.05, 0.1) is 18.4 Å². The molecule has 1 heterocycles. The van der Waals surface area contributed by atoms with Crippen LogP contribution in [0.2, 0.25) is 0 Å². The monoisotopic (exact) mass is 197 g/mol. The van der Waals surface area contributed by atoms with Crippen LogP contribution >= 0.6 is 11.8 Å². The Labute approximate surface area is 80.9 Å². The van der Waals surface area contributed by atoms with Gasteiger partial charge in [0.15, 0.2) is 5.16 Å². The van der Waals surface area contributed by atoms with E-state index in [1.54, 1.807) is 0 Å². The highest BCUT2D eigenvalue weighted by Crippen LogP contribution is 2.15. The van der Waals surface area contributed by atoms with Gasteiger partial charge in [-0.15, -0.1) is 10.2 Å². The molecule has 2 N–H and O–H groups in total. The van der Waals surface area contributed by atoms with Crippen molar-refractivity contribution in [1.29, 1.82) is 5.26 Å². The smallest absolute Gasteiger partial charge is 0.192 e. The molecular formula is C7H11N5S. The second kappa shape index (κ2) is 4.84. The van der Waals surface area contributed by atoms with Crippen LogP contribution in [0.1, 0.15) is 12.7 Å². The predicted octanol–water partition coefficient (Wildman–Crippen LogP) is 0.372. The van der Waals surface area contributed by atoms with Gasteiger partial charge in [0.1, 0.15) is 5.82 Å². The first-order chi connectivity index (χ1) is 6.33. The highest BCUT2D eigenvalue weighted by atomic mass is 32.2. The van der Waals surface area contributed by atoms with E-state index in [0.717, 1.165) is 17.5 Å². The molecule has 13 heavy (non-hydrogen) atoms. The Hall–Kier alpha value is -1.06. The molecule has 0 aliphatic carbocycles. The average molecular weight is 197 g/mol. The van der Waals surface area contributed by atoms with E-state index >= 15 is 0 Å². The Morgan fingerprint density at radius 2 is 2.38 bits per heavy atom. The zero-order valence-electron chi connectivity index (χ0n) is 7.40. The van der Waals surface area contributed by atoms with Crippen molar-refractivity contribution in [3.63, 3.8) is 0 Å². The van der Waals surface area contributed by atoms with Crippen molar-refractivity contribution in [2.45, 2.75) is 25.2 Å². The van der Waals surface area contributed by atoms with E-state index in [2.05, 4.69) is 10.2 Å². The summed E-state index contributed by atoms with van der Waals surface area (Å²) in [6.45, 7) is 3.17. The maximum atomic E-state index is 8.40. The Bertz CT molecular complexity index is 313. The number of aromatic nitrogens is 3. The van der Waals surface area contributed by atoms with Gasteiger partial charge >= 0.3 is 0 Å². The summed E-state index contributed by atoms with van der Waals surface area (Å²) >= 11 is 1.38. The summed E-state index contributed by atoms with van der Waals surface area (Å²) in [6.07, 6.45) is 0. The summed E-state index contributed by atoms with van der Waals surface area (Å²) in [5.41, 5.74) is 5.47. The van der Waals surface area contributed by atoms with E-state index in [9.17, 15) is 0 Å². The first-order valence-electron chi connectivity index (χ1n) is 3.95. The minimum atomic E-state index is 0.383. The topological polar surface area (TPSA) is 80.5 Å². The quantitative estimate of drug-likeness (QED) is 0.705. The maximum absolute atomic E-state index is 8.40. The fraction of sp³-hybridized carbons (Fsp3) is 0.571. The van der Waals surface area contributed by atoms with Gasteiger partial charge in [-0.2, -0.15) is 5.26 Å². The summed E-state index contributed by atoms with van der Waals surface area (Å²) in [5.74, 6) is 1.16. The second-order valence-corrected chi connectivity index (χ2v) is 3.24. The lowest BCUT2D eigenvalue weighted by atomic mass is 10.6. The molecule has 5 nitrogen and oxygen atoms in total. The van der Waals surface area contributed by atoms with Gasteiger partial charge in [0, 0.05) is 6.54 Å².